The minimum Gasteiger partial charge on any atom is -0.314 e. The number of hydrogen-bond acceptors (Lipinski definition) is 3. The zero-order valence-corrected chi connectivity index (χ0v) is 12.8. The molecule has 2 aromatic heterocycles. The van der Waals surface area contributed by atoms with Gasteiger partial charge in [-0.3, -0.25) is 4.98 Å². The topological polar surface area (TPSA) is 24.9 Å². The van der Waals surface area contributed by atoms with Crippen LogP contribution in [-0.2, 0) is 12.8 Å². The van der Waals surface area contributed by atoms with E-state index in [2.05, 4.69) is 56.7 Å². The number of thiophene rings is 1. The van der Waals surface area contributed by atoms with E-state index in [0.29, 0.717) is 6.04 Å². The van der Waals surface area contributed by atoms with Gasteiger partial charge in [-0.15, -0.1) is 11.3 Å². The van der Waals surface area contributed by atoms with Gasteiger partial charge in [0.15, 0.2) is 0 Å². The average molecular weight is 325 g/mol. The second kappa shape index (κ2) is 7.02. The van der Waals surface area contributed by atoms with Gasteiger partial charge in [-0.2, -0.15) is 0 Å². The van der Waals surface area contributed by atoms with Crippen LogP contribution in [0.25, 0.3) is 0 Å². The van der Waals surface area contributed by atoms with Gasteiger partial charge in [-0.05, 0) is 64.5 Å². The molecule has 96 valence electrons. The molecule has 0 fully saturated rings. The van der Waals surface area contributed by atoms with E-state index in [4.69, 9.17) is 0 Å². The third kappa shape index (κ3) is 3.90. The molecule has 1 N–H and O–H groups in total. The number of rotatable bonds is 6. The molecule has 0 aliphatic carbocycles. The van der Waals surface area contributed by atoms with Gasteiger partial charge in [-0.25, -0.2) is 0 Å². The maximum Gasteiger partial charge on any atom is 0.0314 e. The molecule has 18 heavy (non-hydrogen) atoms. The molecule has 1 unspecified atom stereocenters. The van der Waals surface area contributed by atoms with Crippen molar-refractivity contribution < 1.29 is 0 Å². The highest BCUT2D eigenvalue weighted by atomic mass is 79.9. The summed E-state index contributed by atoms with van der Waals surface area (Å²) in [4.78, 5) is 5.47. The first-order chi connectivity index (χ1) is 8.79. The number of hydrogen-bond donors (Lipinski definition) is 1. The summed E-state index contributed by atoms with van der Waals surface area (Å²) in [5.41, 5.74) is 1.34. The zero-order valence-electron chi connectivity index (χ0n) is 10.4. The Kier molecular flexibility index (Phi) is 5.35. The molecule has 0 aromatic carbocycles. The van der Waals surface area contributed by atoms with E-state index < -0.39 is 0 Å². The Morgan fingerprint density at radius 2 is 2.06 bits per heavy atom. The standard InChI is InChI=1S/C14H17BrN2S/c1-2-17-12(9-11-3-6-16-7-4-11)10-14-13(15)5-8-18-14/h3-8,12,17H,2,9-10H2,1H3. The highest BCUT2D eigenvalue weighted by Crippen LogP contribution is 2.24. The van der Waals surface area contributed by atoms with Crippen LogP contribution in [0.5, 0.6) is 0 Å². The Morgan fingerprint density at radius 1 is 1.28 bits per heavy atom. The van der Waals surface area contributed by atoms with Gasteiger partial charge in [0.1, 0.15) is 0 Å². The Bertz CT molecular complexity index is 470. The molecule has 0 aliphatic heterocycles. The fourth-order valence-corrected chi connectivity index (χ4v) is 3.60. The van der Waals surface area contributed by atoms with E-state index >= 15 is 0 Å². The number of nitrogens with zero attached hydrogens (tertiary/aromatic N) is 1. The van der Waals surface area contributed by atoms with E-state index in [-0.39, 0.29) is 0 Å². The fraction of sp³-hybridized carbons (Fsp3) is 0.357. The Labute approximate surface area is 121 Å². The Morgan fingerprint density at radius 3 is 2.67 bits per heavy atom. The molecule has 2 heterocycles. The smallest absolute Gasteiger partial charge is 0.0314 e. The second-order valence-corrected chi connectivity index (χ2v) is 6.07. The van der Waals surface area contributed by atoms with Crippen LogP contribution in [0.15, 0.2) is 40.4 Å². The molecule has 0 saturated heterocycles. The van der Waals surface area contributed by atoms with Crippen molar-refractivity contribution in [1.29, 1.82) is 0 Å². The largest absolute Gasteiger partial charge is 0.314 e. The van der Waals surface area contributed by atoms with Crippen molar-refractivity contribution in [3.8, 4) is 0 Å². The number of halogens is 1. The maximum absolute atomic E-state index is 4.06. The molecule has 2 aromatic rings. The fourth-order valence-electron chi connectivity index (χ4n) is 2.00. The maximum atomic E-state index is 4.06. The predicted octanol–water partition coefficient (Wildman–Crippen LogP) is 3.67. The van der Waals surface area contributed by atoms with Gasteiger partial charge in [0.25, 0.3) is 0 Å². The van der Waals surface area contributed by atoms with Crippen LogP contribution in [0.1, 0.15) is 17.4 Å². The van der Waals surface area contributed by atoms with Gasteiger partial charge in [0.05, 0.1) is 0 Å². The van der Waals surface area contributed by atoms with Gasteiger partial charge in [-0.1, -0.05) is 6.92 Å². The summed E-state index contributed by atoms with van der Waals surface area (Å²) in [6.45, 7) is 3.15. The summed E-state index contributed by atoms with van der Waals surface area (Å²) >= 11 is 5.42. The minimum atomic E-state index is 0.479. The predicted molar refractivity (Wildman–Crippen MR) is 81.1 cm³/mol. The van der Waals surface area contributed by atoms with E-state index in [9.17, 15) is 0 Å². The molecular formula is C14H17BrN2S. The number of pyridine rings is 1. The van der Waals surface area contributed by atoms with E-state index in [1.54, 1.807) is 0 Å². The van der Waals surface area contributed by atoms with E-state index in [1.165, 1.54) is 14.9 Å². The quantitative estimate of drug-likeness (QED) is 0.876. The van der Waals surface area contributed by atoms with Crippen LogP contribution in [0, 0.1) is 0 Å². The van der Waals surface area contributed by atoms with Crippen molar-refractivity contribution in [2.24, 2.45) is 0 Å². The Balaban J connectivity index is 2.02. The molecule has 2 nitrogen and oxygen atoms in total. The summed E-state index contributed by atoms with van der Waals surface area (Å²) in [6.07, 6.45) is 5.83. The molecule has 0 spiro atoms. The van der Waals surface area contributed by atoms with Gasteiger partial charge in [0.2, 0.25) is 0 Å². The summed E-state index contributed by atoms with van der Waals surface area (Å²) in [7, 11) is 0. The Hall–Kier alpha value is -0.710. The number of aromatic nitrogens is 1. The molecule has 0 aliphatic rings. The normalized spacial score (nSPS) is 12.6. The lowest BCUT2D eigenvalue weighted by molar-refractivity contribution is 0.524. The van der Waals surface area contributed by atoms with Crippen molar-refractivity contribution >= 4 is 27.3 Å². The first-order valence-electron chi connectivity index (χ1n) is 6.13. The molecule has 0 bridgehead atoms. The summed E-state index contributed by atoms with van der Waals surface area (Å²) in [5.74, 6) is 0. The van der Waals surface area contributed by atoms with Crippen LogP contribution in [-0.4, -0.2) is 17.6 Å². The monoisotopic (exact) mass is 324 g/mol. The molecule has 0 radical (unpaired) electrons. The number of nitrogens with one attached hydrogen (secondary N) is 1. The lowest BCUT2D eigenvalue weighted by atomic mass is 10.0. The molecular weight excluding hydrogens is 308 g/mol. The summed E-state index contributed by atoms with van der Waals surface area (Å²) in [5, 5.41) is 5.70. The van der Waals surface area contributed by atoms with Crippen LogP contribution in [0.4, 0.5) is 0 Å². The summed E-state index contributed by atoms with van der Waals surface area (Å²) < 4.78 is 1.23. The molecule has 0 amide bonds. The van der Waals surface area contributed by atoms with Crippen molar-refractivity contribution in [1.82, 2.24) is 10.3 Å². The lowest BCUT2D eigenvalue weighted by Crippen LogP contribution is -2.32. The van der Waals surface area contributed by atoms with Crippen LogP contribution >= 0.6 is 27.3 Å². The second-order valence-electron chi connectivity index (χ2n) is 4.21. The summed E-state index contributed by atoms with van der Waals surface area (Å²) in [6, 6.07) is 6.78. The van der Waals surface area contributed by atoms with Gasteiger partial charge < -0.3 is 5.32 Å². The zero-order chi connectivity index (χ0) is 12.8. The highest BCUT2D eigenvalue weighted by Gasteiger charge is 2.12. The van der Waals surface area contributed by atoms with Crippen LogP contribution < -0.4 is 5.32 Å². The average Bonchev–Trinajstić information content (AvgIpc) is 2.77. The van der Waals surface area contributed by atoms with E-state index in [0.717, 1.165) is 19.4 Å². The minimum absolute atomic E-state index is 0.479. The molecule has 4 heteroatoms. The lowest BCUT2D eigenvalue weighted by Gasteiger charge is -2.17. The SMILES string of the molecule is CCNC(Cc1ccncc1)Cc1sccc1Br. The molecule has 0 saturated carbocycles. The van der Waals surface area contributed by atoms with Crippen LogP contribution in [0.2, 0.25) is 0 Å². The molecule has 1 atom stereocenters. The molecule has 2 rings (SSSR count). The third-order valence-corrected chi connectivity index (χ3v) is 4.80. The van der Waals surface area contributed by atoms with Crippen molar-refractivity contribution in [3.05, 3.63) is 50.9 Å². The van der Waals surface area contributed by atoms with Crippen molar-refractivity contribution in [2.75, 3.05) is 6.54 Å². The third-order valence-electron chi connectivity index (χ3n) is 2.85. The first kappa shape index (κ1) is 13.7. The van der Waals surface area contributed by atoms with Crippen molar-refractivity contribution in [2.45, 2.75) is 25.8 Å². The van der Waals surface area contributed by atoms with Crippen molar-refractivity contribution in [3.63, 3.8) is 0 Å². The van der Waals surface area contributed by atoms with E-state index in [1.807, 2.05) is 23.7 Å². The van der Waals surface area contributed by atoms with Gasteiger partial charge >= 0.3 is 0 Å². The van der Waals surface area contributed by atoms with Gasteiger partial charge in [0, 0.05) is 27.8 Å². The number of likely N-dealkylation sites (N-methyl/N-ethyl adjacent to an activating group) is 1. The highest BCUT2D eigenvalue weighted by molar-refractivity contribution is 9.10. The first-order valence-corrected chi connectivity index (χ1v) is 7.81. The van der Waals surface area contributed by atoms with Crippen LogP contribution in [0.3, 0.4) is 0 Å².